The molecule has 0 radical (unpaired) electrons. The van der Waals surface area contributed by atoms with Gasteiger partial charge in [0.25, 0.3) is 0 Å². The summed E-state index contributed by atoms with van der Waals surface area (Å²) in [6.45, 7) is 15.6. The molecule has 194 valence electrons. The third-order valence-corrected chi connectivity index (χ3v) is 11.5. The fraction of sp³-hybridized carbons (Fsp3) is 0.900. The Bertz CT molecular complexity index is 819. The third-order valence-electron chi connectivity index (χ3n) is 11.5. The van der Waals surface area contributed by atoms with Crippen LogP contribution in [0.25, 0.3) is 0 Å². The summed E-state index contributed by atoms with van der Waals surface area (Å²) in [6.07, 6.45) is 11.2. The van der Waals surface area contributed by atoms with E-state index in [1.807, 2.05) is 0 Å². The van der Waals surface area contributed by atoms with Gasteiger partial charge in [-0.25, -0.2) is 0 Å². The van der Waals surface area contributed by atoms with Crippen LogP contribution < -0.4 is 0 Å². The summed E-state index contributed by atoms with van der Waals surface area (Å²) in [7, 11) is 0. The summed E-state index contributed by atoms with van der Waals surface area (Å²) in [5.74, 6) is 2.80. The van der Waals surface area contributed by atoms with Crippen LogP contribution in [-0.4, -0.2) is 33.5 Å². The number of ether oxygens (including phenoxy) is 1. The van der Waals surface area contributed by atoms with Crippen LogP contribution in [0.5, 0.6) is 0 Å². The molecule has 4 heteroatoms. The Morgan fingerprint density at radius 1 is 1.06 bits per heavy atom. The van der Waals surface area contributed by atoms with Crippen LogP contribution in [0.2, 0.25) is 0 Å². The summed E-state index contributed by atoms with van der Waals surface area (Å²) >= 11 is 0. The molecule has 0 spiro atoms. The van der Waals surface area contributed by atoms with Crippen molar-refractivity contribution in [2.45, 2.75) is 130 Å². The van der Waals surface area contributed by atoms with Gasteiger partial charge in [-0.1, -0.05) is 60.5 Å². The lowest BCUT2D eigenvalue weighted by molar-refractivity contribution is -0.195. The zero-order valence-electron chi connectivity index (χ0n) is 22.8. The van der Waals surface area contributed by atoms with Crippen LogP contribution in [0.3, 0.4) is 0 Å². The molecule has 0 amide bonds. The number of aliphatic hydroxyl groups is 2. The fourth-order valence-electron chi connectivity index (χ4n) is 8.92. The van der Waals surface area contributed by atoms with Crippen molar-refractivity contribution in [2.24, 2.45) is 40.4 Å². The largest absolute Gasteiger partial charge is 0.462 e. The Morgan fingerprint density at radius 2 is 1.76 bits per heavy atom. The van der Waals surface area contributed by atoms with Crippen LogP contribution in [0.4, 0.5) is 0 Å². The predicted molar refractivity (Wildman–Crippen MR) is 136 cm³/mol. The van der Waals surface area contributed by atoms with Crippen molar-refractivity contribution in [3.8, 4) is 0 Å². The predicted octanol–water partition coefficient (Wildman–Crippen LogP) is 6.44. The van der Waals surface area contributed by atoms with Crippen molar-refractivity contribution < 1.29 is 19.7 Å². The first-order valence-electron chi connectivity index (χ1n) is 14.1. The van der Waals surface area contributed by atoms with E-state index in [0.29, 0.717) is 31.1 Å². The number of rotatable bonds is 6. The zero-order chi connectivity index (χ0) is 25.1. The first-order valence-corrected chi connectivity index (χ1v) is 14.1. The van der Waals surface area contributed by atoms with Crippen LogP contribution in [-0.2, 0) is 9.53 Å². The molecule has 0 aliphatic heterocycles. The Hall–Kier alpha value is -0.870. The molecular formula is C30H50O4. The molecule has 0 heterocycles. The van der Waals surface area contributed by atoms with Gasteiger partial charge in [0.2, 0.25) is 0 Å². The van der Waals surface area contributed by atoms with Gasteiger partial charge in [0.1, 0.15) is 6.10 Å². The van der Waals surface area contributed by atoms with Gasteiger partial charge in [0.15, 0.2) is 0 Å². The van der Waals surface area contributed by atoms with E-state index >= 15 is 0 Å². The van der Waals surface area contributed by atoms with Gasteiger partial charge in [0, 0.05) is 18.8 Å². The number of hydrogen-bond acceptors (Lipinski definition) is 4. The normalized spacial score (nSPS) is 45.6. The third kappa shape index (κ3) is 3.99. The SMILES string of the molecule is CC(=O)O[C@@H]1CC[C@]2(C)C3=CC[C@@]4(C)[C@@H](CC[C@H]4[C@H](C)CC[C@H](C)C(C)C)[C@@]3(O)CC[C@@]2(O)C1. The van der Waals surface area contributed by atoms with Crippen LogP contribution >= 0.6 is 0 Å². The maximum Gasteiger partial charge on any atom is 0.302 e. The average Bonchev–Trinajstić information content (AvgIpc) is 3.11. The molecule has 0 bridgehead atoms. The molecule has 4 aliphatic rings. The van der Waals surface area contributed by atoms with E-state index in [9.17, 15) is 15.0 Å². The first kappa shape index (κ1) is 26.2. The molecule has 9 atom stereocenters. The Kier molecular flexibility index (Phi) is 6.86. The highest BCUT2D eigenvalue weighted by Gasteiger charge is 2.67. The summed E-state index contributed by atoms with van der Waals surface area (Å²) in [6, 6.07) is 0. The minimum Gasteiger partial charge on any atom is -0.462 e. The van der Waals surface area contributed by atoms with Gasteiger partial charge < -0.3 is 14.9 Å². The van der Waals surface area contributed by atoms with Crippen molar-refractivity contribution in [3.05, 3.63) is 11.6 Å². The number of hydrogen-bond donors (Lipinski definition) is 2. The second-order valence-electron chi connectivity index (χ2n) is 13.6. The summed E-state index contributed by atoms with van der Waals surface area (Å²) in [5, 5.41) is 24.2. The quantitative estimate of drug-likeness (QED) is 0.344. The van der Waals surface area contributed by atoms with Gasteiger partial charge in [0.05, 0.1) is 11.2 Å². The number of carbonyl (C=O) groups is 1. The van der Waals surface area contributed by atoms with Crippen molar-refractivity contribution in [1.82, 2.24) is 0 Å². The second kappa shape index (κ2) is 8.91. The van der Waals surface area contributed by atoms with Crippen molar-refractivity contribution >= 4 is 5.97 Å². The maximum absolute atomic E-state index is 12.4. The van der Waals surface area contributed by atoms with E-state index in [0.717, 1.165) is 43.1 Å². The van der Waals surface area contributed by atoms with Crippen LogP contribution in [0, 0.1) is 40.4 Å². The van der Waals surface area contributed by atoms with Crippen molar-refractivity contribution in [3.63, 3.8) is 0 Å². The molecule has 0 aromatic carbocycles. The van der Waals surface area contributed by atoms with E-state index < -0.39 is 16.6 Å². The average molecular weight is 475 g/mol. The highest BCUT2D eigenvalue weighted by Crippen LogP contribution is 2.68. The Morgan fingerprint density at radius 3 is 2.41 bits per heavy atom. The first-order chi connectivity index (χ1) is 15.8. The second-order valence-corrected chi connectivity index (χ2v) is 13.6. The molecule has 34 heavy (non-hydrogen) atoms. The number of allylic oxidation sites excluding steroid dienone is 1. The molecular weight excluding hydrogens is 424 g/mol. The smallest absolute Gasteiger partial charge is 0.302 e. The van der Waals surface area contributed by atoms with Gasteiger partial charge in [-0.05, 0) is 85.5 Å². The molecule has 3 saturated carbocycles. The van der Waals surface area contributed by atoms with Crippen LogP contribution in [0.1, 0.15) is 113 Å². The zero-order valence-corrected chi connectivity index (χ0v) is 22.8. The van der Waals surface area contributed by atoms with E-state index in [1.54, 1.807) is 0 Å². The van der Waals surface area contributed by atoms with E-state index in [-0.39, 0.29) is 23.4 Å². The molecule has 4 nitrogen and oxygen atoms in total. The molecule has 0 saturated heterocycles. The number of esters is 1. The molecule has 0 aromatic rings. The highest BCUT2D eigenvalue weighted by atomic mass is 16.5. The summed E-state index contributed by atoms with van der Waals surface area (Å²) in [4.78, 5) is 11.5. The lowest BCUT2D eigenvalue weighted by Crippen LogP contribution is -2.65. The van der Waals surface area contributed by atoms with Crippen LogP contribution in [0.15, 0.2) is 11.6 Å². The molecule has 4 rings (SSSR count). The molecule has 0 unspecified atom stereocenters. The Balaban J connectivity index is 1.57. The molecule has 3 fully saturated rings. The van der Waals surface area contributed by atoms with Gasteiger partial charge in [-0.2, -0.15) is 0 Å². The fourth-order valence-corrected chi connectivity index (χ4v) is 8.92. The molecule has 0 aromatic heterocycles. The van der Waals surface area contributed by atoms with Crippen molar-refractivity contribution in [1.29, 1.82) is 0 Å². The molecule has 4 aliphatic carbocycles. The van der Waals surface area contributed by atoms with Gasteiger partial charge >= 0.3 is 5.97 Å². The number of carbonyl (C=O) groups excluding carboxylic acids is 1. The standard InChI is InChI=1S/C30H50O4/c1-19(2)20(3)8-9-21(4)24-10-11-25-27(24,6)14-13-26-28(7)15-12-23(34-22(5)31)18-29(28,32)16-17-30(25,26)33/h13,19-21,23-25,32-33H,8-12,14-18H2,1-7H3/t20-,21+,23+,24-,25+,27+,28+,29+,30-/m0/s1. The number of fused-ring (bicyclic) bond motifs is 5. The van der Waals surface area contributed by atoms with E-state index in [1.165, 1.54) is 26.2 Å². The van der Waals surface area contributed by atoms with E-state index in [2.05, 4.69) is 47.6 Å². The summed E-state index contributed by atoms with van der Waals surface area (Å²) in [5.41, 5.74) is -0.968. The topological polar surface area (TPSA) is 66.8 Å². The summed E-state index contributed by atoms with van der Waals surface area (Å²) < 4.78 is 5.51. The molecule has 2 N–H and O–H groups in total. The van der Waals surface area contributed by atoms with E-state index in [4.69, 9.17) is 4.74 Å². The Labute approximate surface area is 207 Å². The minimum absolute atomic E-state index is 0.124. The minimum atomic E-state index is -0.921. The lowest BCUT2D eigenvalue weighted by Gasteiger charge is -2.63. The van der Waals surface area contributed by atoms with Gasteiger partial charge in [-0.3, -0.25) is 4.79 Å². The highest BCUT2D eigenvalue weighted by molar-refractivity contribution is 5.66. The monoisotopic (exact) mass is 474 g/mol. The lowest BCUT2D eigenvalue weighted by atomic mass is 9.45. The maximum atomic E-state index is 12.4. The van der Waals surface area contributed by atoms with Crippen molar-refractivity contribution in [2.75, 3.05) is 0 Å². The van der Waals surface area contributed by atoms with Gasteiger partial charge in [-0.15, -0.1) is 0 Å².